The molecule has 0 aliphatic heterocycles. The van der Waals surface area contributed by atoms with Crippen molar-refractivity contribution in [1.29, 1.82) is 0 Å². The van der Waals surface area contributed by atoms with Gasteiger partial charge in [-0.1, -0.05) is 53.8 Å². The van der Waals surface area contributed by atoms with E-state index in [9.17, 15) is 14.7 Å². The molecule has 0 aliphatic rings. The Morgan fingerprint density at radius 1 is 1.13 bits per heavy atom. The van der Waals surface area contributed by atoms with Crippen LogP contribution in [0.25, 0.3) is 15.5 Å². The van der Waals surface area contributed by atoms with Gasteiger partial charge in [-0.25, -0.2) is 9.59 Å². The first-order valence-electron chi connectivity index (χ1n) is 9.13. The second-order valence-electron chi connectivity index (χ2n) is 6.61. The first kappa shape index (κ1) is 19.5. The Hall–Kier alpha value is -3.79. The quantitative estimate of drug-likeness (QED) is 0.439. The summed E-state index contributed by atoms with van der Waals surface area (Å²) in [5, 5.41) is 27.9. The molecule has 0 saturated heterocycles. The largest absolute Gasteiger partial charge is 0.480 e. The summed E-state index contributed by atoms with van der Waals surface area (Å²) < 4.78 is 1.66. The number of fused-ring (bicyclic) bond motifs is 1. The van der Waals surface area contributed by atoms with Crippen LogP contribution in [0, 0.1) is 6.92 Å². The van der Waals surface area contributed by atoms with Crippen molar-refractivity contribution in [2.24, 2.45) is 0 Å². The van der Waals surface area contributed by atoms with Gasteiger partial charge in [-0.3, -0.25) is 0 Å². The molecule has 4 aromatic rings. The van der Waals surface area contributed by atoms with E-state index in [4.69, 9.17) is 0 Å². The van der Waals surface area contributed by atoms with E-state index >= 15 is 0 Å². The van der Waals surface area contributed by atoms with Crippen LogP contribution in [0.1, 0.15) is 11.4 Å². The number of carboxylic acids is 1. The summed E-state index contributed by atoms with van der Waals surface area (Å²) in [5.41, 5.74) is 2.16. The fourth-order valence-electron chi connectivity index (χ4n) is 2.94. The number of nitrogens with zero attached hydrogens (tertiary/aromatic N) is 4. The molecule has 3 N–H and O–H groups in total. The van der Waals surface area contributed by atoms with Gasteiger partial charge >= 0.3 is 12.0 Å². The second-order valence-corrected chi connectivity index (χ2v) is 7.56. The minimum absolute atomic E-state index is 0.190. The van der Waals surface area contributed by atoms with Gasteiger partial charge < -0.3 is 15.7 Å². The van der Waals surface area contributed by atoms with Crippen LogP contribution >= 0.6 is 11.3 Å². The number of hydrogen-bond acceptors (Lipinski definition) is 6. The summed E-state index contributed by atoms with van der Waals surface area (Å²) in [6, 6.07) is 14.7. The molecule has 2 heterocycles. The second kappa shape index (κ2) is 8.29. The van der Waals surface area contributed by atoms with E-state index in [-0.39, 0.29) is 6.42 Å². The first-order valence-corrected chi connectivity index (χ1v) is 9.95. The van der Waals surface area contributed by atoms with Gasteiger partial charge in [-0.15, -0.1) is 10.2 Å². The lowest BCUT2D eigenvalue weighted by Crippen LogP contribution is -2.44. The lowest BCUT2D eigenvalue weighted by atomic mass is 10.1. The third-order valence-corrected chi connectivity index (χ3v) is 5.35. The Kier molecular flexibility index (Phi) is 5.40. The number of anilines is 1. The average molecular weight is 422 g/mol. The summed E-state index contributed by atoms with van der Waals surface area (Å²) in [6.07, 6.45) is 0.190. The number of aryl methyl sites for hydroxylation is 1. The number of carbonyl (C=O) groups is 2. The van der Waals surface area contributed by atoms with Crippen LogP contribution in [0.15, 0.2) is 54.6 Å². The number of rotatable bonds is 6. The van der Waals surface area contributed by atoms with Gasteiger partial charge in [-0.2, -0.15) is 9.61 Å². The van der Waals surface area contributed by atoms with Crippen molar-refractivity contribution >= 4 is 34.0 Å². The average Bonchev–Trinajstić information content (AvgIpc) is 3.30. The number of urea groups is 1. The maximum absolute atomic E-state index is 12.4. The van der Waals surface area contributed by atoms with Gasteiger partial charge in [-0.05, 0) is 24.6 Å². The standard InChI is InChI=1S/C20H18N6O3S/c1-12-23-24-20-26(12)25-17(30-20)14-8-5-9-15(11-14)21-19(29)22-16(18(27)28)10-13-6-3-2-4-7-13/h2-9,11,16H,10H2,1H3,(H,27,28)(H2,21,22,29). The number of carbonyl (C=O) groups excluding carboxylic acids is 1. The van der Waals surface area contributed by atoms with Gasteiger partial charge in [0.15, 0.2) is 5.82 Å². The summed E-state index contributed by atoms with van der Waals surface area (Å²) in [4.78, 5) is 24.6. The van der Waals surface area contributed by atoms with Crippen molar-refractivity contribution < 1.29 is 14.7 Å². The highest BCUT2D eigenvalue weighted by Gasteiger charge is 2.20. The minimum Gasteiger partial charge on any atom is -0.480 e. The van der Waals surface area contributed by atoms with Crippen molar-refractivity contribution in [2.75, 3.05) is 5.32 Å². The number of hydrogen-bond donors (Lipinski definition) is 3. The van der Waals surface area contributed by atoms with Gasteiger partial charge in [0.2, 0.25) is 4.96 Å². The molecule has 0 spiro atoms. The van der Waals surface area contributed by atoms with E-state index in [0.29, 0.717) is 16.5 Å². The van der Waals surface area contributed by atoms with Crippen molar-refractivity contribution in [3.8, 4) is 10.6 Å². The van der Waals surface area contributed by atoms with E-state index in [1.807, 2.05) is 43.3 Å². The van der Waals surface area contributed by atoms with Gasteiger partial charge in [0.25, 0.3) is 0 Å². The Balaban J connectivity index is 1.46. The first-order chi connectivity index (χ1) is 14.5. The lowest BCUT2D eigenvalue weighted by Gasteiger charge is -2.15. The number of amides is 2. The highest BCUT2D eigenvalue weighted by Crippen LogP contribution is 2.27. The molecular weight excluding hydrogens is 404 g/mol. The van der Waals surface area contributed by atoms with E-state index in [1.165, 1.54) is 11.3 Å². The molecule has 152 valence electrons. The number of carboxylic acid groups (broad SMARTS) is 1. The third-order valence-electron chi connectivity index (χ3n) is 4.40. The summed E-state index contributed by atoms with van der Waals surface area (Å²) in [6.45, 7) is 1.82. The number of benzene rings is 2. The van der Waals surface area contributed by atoms with Crippen LogP contribution in [-0.4, -0.2) is 43.0 Å². The minimum atomic E-state index is -1.10. The van der Waals surface area contributed by atoms with E-state index in [2.05, 4.69) is 25.9 Å². The van der Waals surface area contributed by atoms with E-state index < -0.39 is 18.0 Å². The van der Waals surface area contributed by atoms with Crippen LogP contribution in [-0.2, 0) is 11.2 Å². The van der Waals surface area contributed by atoms with E-state index in [0.717, 1.165) is 16.1 Å². The number of aliphatic carboxylic acids is 1. The van der Waals surface area contributed by atoms with Crippen molar-refractivity contribution in [2.45, 2.75) is 19.4 Å². The van der Waals surface area contributed by atoms with Crippen molar-refractivity contribution in [3.63, 3.8) is 0 Å². The molecule has 0 radical (unpaired) electrons. The molecule has 10 heteroatoms. The zero-order chi connectivity index (χ0) is 21.1. The molecule has 2 aromatic heterocycles. The predicted octanol–water partition coefficient (Wildman–Crippen LogP) is 2.98. The third kappa shape index (κ3) is 4.28. The number of nitrogens with one attached hydrogen (secondary N) is 2. The number of aromatic nitrogens is 4. The molecule has 2 aromatic carbocycles. The highest BCUT2D eigenvalue weighted by atomic mass is 32.1. The Labute approximate surface area is 175 Å². The normalized spacial score (nSPS) is 11.9. The molecule has 0 saturated carbocycles. The van der Waals surface area contributed by atoms with Crippen LogP contribution in [0.3, 0.4) is 0 Å². The van der Waals surface area contributed by atoms with Crippen molar-refractivity contribution in [1.82, 2.24) is 25.1 Å². The smallest absolute Gasteiger partial charge is 0.326 e. The molecule has 1 atom stereocenters. The van der Waals surface area contributed by atoms with Crippen LogP contribution in [0.5, 0.6) is 0 Å². The zero-order valence-electron chi connectivity index (χ0n) is 15.9. The molecule has 2 amide bonds. The Bertz CT molecular complexity index is 1200. The topological polar surface area (TPSA) is 122 Å². The van der Waals surface area contributed by atoms with Crippen molar-refractivity contribution in [3.05, 3.63) is 66.0 Å². The maximum Gasteiger partial charge on any atom is 0.326 e. The van der Waals surface area contributed by atoms with Gasteiger partial charge in [0.1, 0.15) is 11.0 Å². The zero-order valence-corrected chi connectivity index (χ0v) is 16.8. The molecule has 9 nitrogen and oxygen atoms in total. The summed E-state index contributed by atoms with van der Waals surface area (Å²) in [7, 11) is 0. The maximum atomic E-state index is 12.4. The van der Waals surface area contributed by atoms with Crippen LogP contribution in [0.2, 0.25) is 0 Å². The van der Waals surface area contributed by atoms with Crippen LogP contribution in [0.4, 0.5) is 10.5 Å². The highest BCUT2D eigenvalue weighted by molar-refractivity contribution is 7.19. The predicted molar refractivity (Wildman–Crippen MR) is 113 cm³/mol. The fourth-order valence-corrected chi connectivity index (χ4v) is 3.82. The molecular formula is C20H18N6O3S. The molecule has 4 rings (SSSR count). The van der Waals surface area contributed by atoms with Crippen LogP contribution < -0.4 is 10.6 Å². The van der Waals surface area contributed by atoms with Gasteiger partial charge in [0, 0.05) is 17.7 Å². The SMILES string of the molecule is Cc1nnc2sc(-c3cccc(NC(=O)NC(Cc4ccccc4)C(=O)O)c3)nn12. The molecule has 0 fully saturated rings. The summed E-state index contributed by atoms with van der Waals surface area (Å²) in [5.74, 6) is -0.405. The summed E-state index contributed by atoms with van der Waals surface area (Å²) >= 11 is 1.39. The molecule has 0 bridgehead atoms. The van der Waals surface area contributed by atoms with Gasteiger partial charge in [0.05, 0.1) is 0 Å². The Morgan fingerprint density at radius 2 is 1.93 bits per heavy atom. The fraction of sp³-hybridized carbons (Fsp3) is 0.150. The molecule has 0 aliphatic carbocycles. The molecule has 30 heavy (non-hydrogen) atoms. The Morgan fingerprint density at radius 3 is 2.67 bits per heavy atom. The lowest BCUT2D eigenvalue weighted by molar-refractivity contribution is -0.139. The molecule has 1 unspecified atom stereocenters. The van der Waals surface area contributed by atoms with E-state index in [1.54, 1.807) is 22.7 Å². The monoisotopic (exact) mass is 422 g/mol.